The number of rotatable bonds is 60. The highest BCUT2D eigenvalue weighted by Crippen LogP contribution is 2.16. The molecule has 0 aromatic carbocycles. The van der Waals surface area contributed by atoms with Gasteiger partial charge in [-0.3, -0.25) is 14.4 Å². The molecule has 1 unspecified atom stereocenters. The molecule has 452 valence electrons. The van der Waals surface area contributed by atoms with Gasteiger partial charge in [-0.05, 0) is 128 Å². The third-order valence-corrected chi connectivity index (χ3v) is 14.2. The molecule has 1 atom stereocenters. The molecule has 0 heterocycles. The van der Waals surface area contributed by atoms with E-state index in [9.17, 15) is 14.4 Å². The van der Waals surface area contributed by atoms with Gasteiger partial charge in [0, 0.05) is 19.3 Å². The van der Waals surface area contributed by atoms with Crippen molar-refractivity contribution in [2.24, 2.45) is 0 Å². The van der Waals surface area contributed by atoms with Gasteiger partial charge in [0.2, 0.25) is 0 Å². The van der Waals surface area contributed by atoms with E-state index in [-0.39, 0.29) is 31.1 Å². The van der Waals surface area contributed by atoms with Crippen molar-refractivity contribution >= 4 is 17.9 Å². The summed E-state index contributed by atoms with van der Waals surface area (Å²) < 4.78 is 16.9. The van der Waals surface area contributed by atoms with E-state index in [0.29, 0.717) is 19.3 Å². The number of hydrogen-bond donors (Lipinski definition) is 0. The van der Waals surface area contributed by atoms with Crippen LogP contribution in [-0.2, 0) is 28.6 Å². The molecule has 0 bridgehead atoms. The summed E-state index contributed by atoms with van der Waals surface area (Å²) in [5.41, 5.74) is 0. The number of allylic oxidation sites excluding steroid dienone is 18. The van der Waals surface area contributed by atoms with Crippen LogP contribution in [-0.4, -0.2) is 37.2 Å². The molecule has 0 aromatic rings. The zero-order valence-corrected chi connectivity index (χ0v) is 51.9. The Bertz CT molecular complexity index is 1590. The fourth-order valence-corrected chi connectivity index (χ4v) is 9.24. The molecule has 0 saturated carbocycles. The summed E-state index contributed by atoms with van der Waals surface area (Å²) in [6, 6.07) is 0. The second-order valence-corrected chi connectivity index (χ2v) is 22.0. The van der Waals surface area contributed by atoms with Gasteiger partial charge >= 0.3 is 17.9 Å². The van der Waals surface area contributed by atoms with Gasteiger partial charge in [-0.1, -0.05) is 278 Å². The first kappa shape index (κ1) is 75.1. The molecule has 0 radical (unpaired) electrons. The summed E-state index contributed by atoms with van der Waals surface area (Å²) in [6.45, 7) is 6.50. The number of unbranched alkanes of at least 4 members (excludes halogenated alkanes) is 31. The van der Waals surface area contributed by atoms with E-state index in [2.05, 4.69) is 130 Å². The fraction of sp³-hybridized carbons (Fsp3) is 0.712. The second kappa shape index (κ2) is 66.6. The number of carbonyl (C=O) groups excluding carboxylic acids is 3. The van der Waals surface area contributed by atoms with E-state index >= 15 is 0 Å². The summed E-state index contributed by atoms with van der Waals surface area (Å²) in [5.74, 6) is -0.936. The largest absolute Gasteiger partial charge is 0.462 e. The zero-order valence-electron chi connectivity index (χ0n) is 51.9. The van der Waals surface area contributed by atoms with Gasteiger partial charge in [-0.15, -0.1) is 0 Å². The molecule has 0 fully saturated rings. The van der Waals surface area contributed by atoms with Crippen molar-refractivity contribution in [3.63, 3.8) is 0 Å². The molecule has 0 amide bonds. The lowest BCUT2D eigenvalue weighted by molar-refractivity contribution is -0.167. The average molecular weight is 1100 g/mol. The van der Waals surface area contributed by atoms with Gasteiger partial charge < -0.3 is 14.2 Å². The minimum atomic E-state index is -0.803. The van der Waals surface area contributed by atoms with Gasteiger partial charge in [0.05, 0.1) is 0 Å². The first-order valence-corrected chi connectivity index (χ1v) is 33.4. The summed E-state index contributed by atoms with van der Waals surface area (Å²) in [6.07, 6.45) is 90.9. The monoisotopic (exact) mass is 1100 g/mol. The normalized spacial score (nSPS) is 12.8. The lowest BCUT2D eigenvalue weighted by Crippen LogP contribution is -2.30. The SMILES string of the molecule is CC/C=C\C/C=C\C/C=C\C/C=C\C/C=C\C/C=C\CCCCC(=O)OCC(COC(=O)CCCCCCCCCCC/C=C\CCCCCCCC)OC(=O)CCCCCCCCCCC/C=C\C/C=C\CCCCCCC. The number of carbonyl (C=O) groups is 3. The Kier molecular flexibility index (Phi) is 63.3. The summed E-state index contributed by atoms with van der Waals surface area (Å²) >= 11 is 0. The van der Waals surface area contributed by atoms with Crippen LogP contribution in [0.5, 0.6) is 0 Å². The molecule has 0 aliphatic rings. The average Bonchev–Trinajstić information content (AvgIpc) is 3.45. The van der Waals surface area contributed by atoms with Gasteiger partial charge in [-0.2, -0.15) is 0 Å². The lowest BCUT2D eigenvalue weighted by atomic mass is 10.1. The Balaban J connectivity index is 4.47. The lowest BCUT2D eigenvalue weighted by Gasteiger charge is -2.18. The van der Waals surface area contributed by atoms with Crippen LogP contribution in [0, 0.1) is 0 Å². The van der Waals surface area contributed by atoms with Crippen molar-refractivity contribution in [1.82, 2.24) is 0 Å². The van der Waals surface area contributed by atoms with Gasteiger partial charge in [0.25, 0.3) is 0 Å². The maximum atomic E-state index is 12.9. The minimum absolute atomic E-state index is 0.0948. The highest BCUT2D eigenvalue weighted by Gasteiger charge is 2.19. The quantitative estimate of drug-likeness (QED) is 0.0261. The molecule has 0 N–H and O–H groups in total. The predicted molar refractivity (Wildman–Crippen MR) is 343 cm³/mol. The Morgan fingerprint density at radius 1 is 0.266 bits per heavy atom. The fourth-order valence-electron chi connectivity index (χ4n) is 9.24. The van der Waals surface area contributed by atoms with Crippen molar-refractivity contribution < 1.29 is 28.6 Å². The molecule has 0 aliphatic carbocycles. The van der Waals surface area contributed by atoms with Crippen LogP contribution >= 0.6 is 0 Å². The van der Waals surface area contributed by atoms with Crippen LogP contribution in [0.15, 0.2) is 109 Å². The molecule has 0 spiro atoms. The molecule has 0 rings (SSSR count). The number of hydrogen-bond acceptors (Lipinski definition) is 6. The molecule has 6 nitrogen and oxygen atoms in total. The first-order chi connectivity index (χ1) is 39.0. The van der Waals surface area contributed by atoms with Crippen LogP contribution in [0.2, 0.25) is 0 Å². The molecule has 0 aromatic heterocycles. The third kappa shape index (κ3) is 64.8. The van der Waals surface area contributed by atoms with Gasteiger partial charge in [-0.25, -0.2) is 0 Å². The molecule has 79 heavy (non-hydrogen) atoms. The van der Waals surface area contributed by atoms with Crippen molar-refractivity contribution in [2.75, 3.05) is 13.2 Å². The summed E-state index contributed by atoms with van der Waals surface area (Å²) in [4.78, 5) is 38.4. The van der Waals surface area contributed by atoms with Crippen LogP contribution in [0.3, 0.4) is 0 Å². The Labute approximate surface area is 489 Å². The molecular weight excluding hydrogens is 973 g/mol. The highest BCUT2D eigenvalue weighted by atomic mass is 16.6. The minimum Gasteiger partial charge on any atom is -0.462 e. The molecule has 0 aliphatic heterocycles. The van der Waals surface area contributed by atoms with E-state index < -0.39 is 6.10 Å². The predicted octanol–water partition coefficient (Wildman–Crippen LogP) is 23.0. The van der Waals surface area contributed by atoms with Crippen molar-refractivity contribution in [3.8, 4) is 0 Å². The van der Waals surface area contributed by atoms with E-state index in [1.165, 1.54) is 173 Å². The van der Waals surface area contributed by atoms with E-state index in [4.69, 9.17) is 14.2 Å². The van der Waals surface area contributed by atoms with Crippen LogP contribution in [0.25, 0.3) is 0 Å². The highest BCUT2D eigenvalue weighted by molar-refractivity contribution is 5.71. The van der Waals surface area contributed by atoms with Gasteiger partial charge in [0.1, 0.15) is 13.2 Å². The summed E-state index contributed by atoms with van der Waals surface area (Å²) in [5, 5.41) is 0. The van der Waals surface area contributed by atoms with E-state index in [0.717, 1.165) is 103 Å². The van der Waals surface area contributed by atoms with Gasteiger partial charge in [0.15, 0.2) is 6.10 Å². The van der Waals surface area contributed by atoms with Crippen LogP contribution in [0.4, 0.5) is 0 Å². The van der Waals surface area contributed by atoms with Crippen LogP contribution in [0.1, 0.15) is 316 Å². The third-order valence-electron chi connectivity index (χ3n) is 14.2. The standard InChI is InChI=1S/C73H124O6/c1-4-7-10-13-16-19-22-25-28-31-34-36-39-42-45-48-51-54-57-60-63-66-72(75)78-69-70(68-77-71(74)65-62-59-56-53-50-47-44-41-38-33-30-27-24-21-18-15-12-9-6-3)79-73(76)67-64-61-58-55-52-49-46-43-40-37-35-32-29-26-23-20-17-14-11-8-5-2/h7,10,16,19,23,25-28,30,32,34-36,42,45,51,54,70H,4-6,8-9,11-15,17-18,20-22,24,29,31,33,37-41,43-44,46-50,52-53,55-69H2,1-3H3/b10-7-,19-16-,26-23-,28-25-,30-27-,35-32-,36-34-,45-42-,54-51-. The maximum absolute atomic E-state index is 12.9. The smallest absolute Gasteiger partial charge is 0.306 e. The van der Waals surface area contributed by atoms with Crippen LogP contribution < -0.4 is 0 Å². The second-order valence-electron chi connectivity index (χ2n) is 22.0. The maximum Gasteiger partial charge on any atom is 0.306 e. The Morgan fingerprint density at radius 3 is 0.810 bits per heavy atom. The van der Waals surface area contributed by atoms with Crippen molar-refractivity contribution in [2.45, 2.75) is 322 Å². The Hall–Kier alpha value is -3.93. The molecular formula is C73H124O6. The molecule has 0 saturated heterocycles. The van der Waals surface area contributed by atoms with E-state index in [1.807, 2.05) is 0 Å². The zero-order chi connectivity index (χ0) is 57.1. The number of esters is 3. The van der Waals surface area contributed by atoms with E-state index in [1.54, 1.807) is 0 Å². The first-order valence-electron chi connectivity index (χ1n) is 33.4. The van der Waals surface area contributed by atoms with Crippen molar-refractivity contribution in [3.05, 3.63) is 109 Å². The number of ether oxygens (including phenoxy) is 3. The Morgan fingerprint density at radius 2 is 0.494 bits per heavy atom. The summed E-state index contributed by atoms with van der Waals surface area (Å²) in [7, 11) is 0. The topological polar surface area (TPSA) is 78.9 Å². The molecule has 6 heteroatoms. The van der Waals surface area contributed by atoms with Crippen molar-refractivity contribution in [1.29, 1.82) is 0 Å².